The van der Waals surface area contributed by atoms with Gasteiger partial charge in [-0.3, -0.25) is 9.59 Å². The lowest BCUT2D eigenvalue weighted by molar-refractivity contribution is -0.171. The smallest absolute Gasteiger partial charge is 0.323 e. The van der Waals surface area contributed by atoms with Gasteiger partial charge in [0.15, 0.2) is 17.0 Å². The number of rotatable bonds is 12. The predicted octanol–water partition coefficient (Wildman–Crippen LogP) is 7.40. The fourth-order valence-corrected chi connectivity index (χ4v) is 4.30. The van der Waals surface area contributed by atoms with E-state index >= 15 is 0 Å². The minimum Gasteiger partial charge on any atom is -0.480 e. The zero-order chi connectivity index (χ0) is 24.7. The Morgan fingerprint density at radius 2 is 1.42 bits per heavy atom. The normalized spacial score (nSPS) is 14.8. The van der Waals surface area contributed by atoms with E-state index in [2.05, 4.69) is 6.92 Å². The number of esters is 1. The third-order valence-electron chi connectivity index (χ3n) is 6.46. The van der Waals surface area contributed by atoms with Gasteiger partial charge in [0, 0.05) is 0 Å². The summed E-state index contributed by atoms with van der Waals surface area (Å²) in [5.74, 6) is -2.88. The number of carboxylic acids is 1. The minimum absolute atomic E-state index is 0.244. The molecule has 0 aliphatic heterocycles. The molecule has 0 heterocycles. The van der Waals surface area contributed by atoms with Crippen LogP contribution < -0.4 is 0 Å². The van der Waals surface area contributed by atoms with E-state index in [1.54, 1.807) is 19.1 Å². The molecular weight excluding hydrogens is 426 g/mol. The Labute approximate surface area is 198 Å². The summed E-state index contributed by atoms with van der Waals surface area (Å²) < 4.78 is 32.2. The van der Waals surface area contributed by atoms with Crippen molar-refractivity contribution >= 4 is 11.9 Å². The van der Waals surface area contributed by atoms with Gasteiger partial charge in [-0.2, -0.15) is 0 Å². The van der Waals surface area contributed by atoms with Crippen LogP contribution in [-0.2, 0) is 27.2 Å². The highest BCUT2D eigenvalue weighted by Gasteiger charge is 2.48. The summed E-state index contributed by atoms with van der Waals surface area (Å²) in [6.45, 7) is 5.98. The number of hydrogen-bond acceptors (Lipinski definition) is 3. The van der Waals surface area contributed by atoms with Crippen LogP contribution >= 0.6 is 0 Å². The fourth-order valence-electron chi connectivity index (χ4n) is 4.30. The Kier molecular flexibility index (Phi) is 13.9. The number of carbonyl (C=O) groups excluding carboxylic acids is 1. The standard InChI is InChI=1S/C17H26F2.C10H16O4/c1-3-5-6-7-8-9-10-11-15-13-12-14(4-2)16(18)17(15)19;1-2-14-9(13)10(8(11)12)6-4-3-5-7-10/h12-13H,3-11H2,1-2H3;2-7H2,1H3,(H,11,12). The summed E-state index contributed by atoms with van der Waals surface area (Å²) in [5.41, 5.74) is -0.252. The molecule has 4 nitrogen and oxygen atoms in total. The highest BCUT2D eigenvalue weighted by Crippen LogP contribution is 2.37. The van der Waals surface area contributed by atoms with Crippen LogP contribution in [0.2, 0.25) is 0 Å². The number of aryl methyl sites for hydroxylation is 2. The summed E-state index contributed by atoms with van der Waals surface area (Å²) in [4.78, 5) is 22.7. The number of unbranched alkanes of at least 4 members (excludes halogenated alkanes) is 6. The van der Waals surface area contributed by atoms with Crippen molar-refractivity contribution in [2.45, 2.75) is 111 Å². The van der Waals surface area contributed by atoms with Crippen LogP contribution in [-0.4, -0.2) is 23.7 Å². The molecule has 1 N–H and O–H groups in total. The average molecular weight is 469 g/mol. The molecular formula is C27H42F2O4. The number of hydrogen-bond donors (Lipinski definition) is 1. The van der Waals surface area contributed by atoms with Gasteiger partial charge in [0.2, 0.25) is 0 Å². The van der Waals surface area contributed by atoms with Crippen molar-refractivity contribution in [2.75, 3.05) is 6.61 Å². The number of ether oxygens (including phenoxy) is 1. The highest BCUT2D eigenvalue weighted by atomic mass is 19.2. The van der Waals surface area contributed by atoms with Crippen LogP contribution in [0.5, 0.6) is 0 Å². The third kappa shape index (κ3) is 9.05. The van der Waals surface area contributed by atoms with E-state index in [4.69, 9.17) is 9.84 Å². The van der Waals surface area contributed by atoms with Crippen LogP contribution in [0, 0.1) is 17.0 Å². The lowest BCUT2D eigenvalue weighted by atomic mass is 9.74. The summed E-state index contributed by atoms with van der Waals surface area (Å²) in [6, 6.07) is 3.46. The average Bonchev–Trinajstić information content (AvgIpc) is 2.82. The molecule has 0 aromatic heterocycles. The molecule has 1 aromatic rings. The molecule has 0 unspecified atom stereocenters. The molecule has 33 heavy (non-hydrogen) atoms. The van der Waals surface area contributed by atoms with E-state index in [1.165, 1.54) is 32.1 Å². The number of aliphatic carboxylic acids is 1. The first-order chi connectivity index (χ1) is 15.8. The van der Waals surface area contributed by atoms with E-state index in [1.807, 2.05) is 6.92 Å². The van der Waals surface area contributed by atoms with Gasteiger partial charge in [0.25, 0.3) is 0 Å². The molecule has 0 atom stereocenters. The topological polar surface area (TPSA) is 63.6 Å². The van der Waals surface area contributed by atoms with Crippen molar-refractivity contribution in [3.05, 3.63) is 34.9 Å². The molecule has 0 spiro atoms. The van der Waals surface area contributed by atoms with Crippen LogP contribution in [0.1, 0.15) is 109 Å². The van der Waals surface area contributed by atoms with Crippen molar-refractivity contribution < 1.29 is 28.2 Å². The van der Waals surface area contributed by atoms with Gasteiger partial charge >= 0.3 is 11.9 Å². The summed E-state index contributed by atoms with van der Waals surface area (Å²) >= 11 is 0. The molecule has 188 valence electrons. The van der Waals surface area contributed by atoms with Crippen molar-refractivity contribution in [1.82, 2.24) is 0 Å². The Morgan fingerprint density at radius 3 is 1.97 bits per heavy atom. The van der Waals surface area contributed by atoms with Crippen molar-refractivity contribution in [1.29, 1.82) is 0 Å². The first-order valence-corrected chi connectivity index (χ1v) is 12.7. The van der Waals surface area contributed by atoms with E-state index in [9.17, 15) is 18.4 Å². The van der Waals surface area contributed by atoms with E-state index in [0.717, 1.165) is 32.1 Å². The first kappa shape index (κ1) is 29.1. The van der Waals surface area contributed by atoms with Crippen LogP contribution in [0.4, 0.5) is 8.78 Å². The molecule has 1 aromatic carbocycles. The van der Waals surface area contributed by atoms with Gasteiger partial charge < -0.3 is 9.84 Å². The lowest BCUT2D eigenvalue weighted by Gasteiger charge is -2.30. The second-order valence-corrected chi connectivity index (χ2v) is 8.91. The fraction of sp³-hybridized carbons (Fsp3) is 0.704. The van der Waals surface area contributed by atoms with Gasteiger partial charge in [-0.05, 0) is 50.2 Å². The quantitative estimate of drug-likeness (QED) is 0.197. The highest BCUT2D eigenvalue weighted by molar-refractivity contribution is 5.99. The number of carbonyl (C=O) groups is 2. The molecule has 1 aliphatic carbocycles. The van der Waals surface area contributed by atoms with Crippen molar-refractivity contribution in [2.24, 2.45) is 5.41 Å². The second-order valence-electron chi connectivity index (χ2n) is 8.91. The van der Waals surface area contributed by atoms with Crippen LogP contribution in [0.3, 0.4) is 0 Å². The number of benzene rings is 1. The minimum atomic E-state index is -1.26. The SMILES string of the molecule is CCCCCCCCCc1ccc(CC)c(F)c1F.CCOC(=O)C1(C(=O)O)CCCCC1. The van der Waals surface area contributed by atoms with Crippen LogP contribution in [0.15, 0.2) is 12.1 Å². The third-order valence-corrected chi connectivity index (χ3v) is 6.46. The Hall–Kier alpha value is -1.98. The molecule has 6 heteroatoms. The molecule has 0 saturated heterocycles. The molecule has 2 rings (SSSR count). The maximum absolute atomic E-state index is 13.7. The van der Waals surface area contributed by atoms with E-state index in [0.29, 0.717) is 36.8 Å². The van der Waals surface area contributed by atoms with Gasteiger partial charge in [-0.25, -0.2) is 8.78 Å². The summed E-state index contributed by atoms with van der Waals surface area (Å²) in [5, 5.41) is 9.08. The summed E-state index contributed by atoms with van der Waals surface area (Å²) in [6.07, 6.45) is 13.0. The number of carboxylic acid groups (broad SMARTS) is 1. The predicted molar refractivity (Wildman–Crippen MR) is 127 cm³/mol. The molecule has 0 amide bonds. The molecule has 0 radical (unpaired) electrons. The van der Waals surface area contributed by atoms with Gasteiger partial charge in [-0.15, -0.1) is 0 Å². The lowest BCUT2D eigenvalue weighted by Crippen LogP contribution is -2.42. The maximum Gasteiger partial charge on any atom is 0.323 e. The van der Waals surface area contributed by atoms with E-state index < -0.39 is 29.0 Å². The Bertz CT molecular complexity index is 727. The Balaban J connectivity index is 0.000000346. The Morgan fingerprint density at radius 1 is 0.879 bits per heavy atom. The van der Waals surface area contributed by atoms with Crippen LogP contribution in [0.25, 0.3) is 0 Å². The first-order valence-electron chi connectivity index (χ1n) is 12.7. The van der Waals surface area contributed by atoms with Gasteiger partial charge in [0.1, 0.15) is 0 Å². The maximum atomic E-state index is 13.7. The van der Waals surface area contributed by atoms with Gasteiger partial charge in [-0.1, -0.05) is 83.8 Å². The van der Waals surface area contributed by atoms with Gasteiger partial charge in [0.05, 0.1) is 6.61 Å². The largest absolute Gasteiger partial charge is 0.480 e. The summed E-state index contributed by atoms with van der Waals surface area (Å²) in [7, 11) is 0. The van der Waals surface area contributed by atoms with Crippen molar-refractivity contribution in [3.63, 3.8) is 0 Å². The van der Waals surface area contributed by atoms with Crippen molar-refractivity contribution in [3.8, 4) is 0 Å². The van der Waals surface area contributed by atoms with E-state index in [-0.39, 0.29) is 6.61 Å². The molecule has 1 aliphatic rings. The monoisotopic (exact) mass is 468 g/mol. The zero-order valence-corrected chi connectivity index (χ0v) is 20.7. The molecule has 1 saturated carbocycles. The zero-order valence-electron chi connectivity index (χ0n) is 20.7. The second kappa shape index (κ2) is 15.8. The number of halogens is 2. The molecule has 1 fully saturated rings. The molecule has 0 bridgehead atoms.